The van der Waals surface area contributed by atoms with Crippen LogP contribution in [0.5, 0.6) is 23.0 Å². The summed E-state index contributed by atoms with van der Waals surface area (Å²) in [5, 5.41) is 5.99. The van der Waals surface area contributed by atoms with Crippen molar-refractivity contribution < 1.29 is 50.0 Å². The van der Waals surface area contributed by atoms with Crippen LogP contribution in [-0.4, -0.2) is 83.9 Å². The van der Waals surface area contributed by atoms with Gasteiger partial charge in [-0.15, -0.1) is 0 Å². The number of methoxy groups -OCH3 is 3. The molecule has 2 N–H and O–H groups in total. The van der Waals surface area contributed by atoms with Gasteiger partial charge >= 0.3 is 12.1 Å². The largest absolute Gasteiger partial charge is 0.497 e. The van der Waals surface area contributed by atoms with E-state index in [0.29, 0.717) is 54.7 Å². The molecule has 6 heterocycles. The van der Waals surface area contributed by atoms with Crippen molar-refractivity contribution in [3.8, 4) is 34.3 Å². The number of halogens is 7. The zero-order chi connectivity index (χ0) is 53.5. The molecule has 0 amide bonds. The van der Waals surface area contributed by atoms with Crippen LogP contribution in [-0.2, 0) is 30.5 Å². The number of pyridine rings is 1. The van der Waals surface area contributed by atoms with Crippen molar-refractivity contribution in [2.24, 2.45) is 4.99 Å². The smallest absolute Gasteiger partial charge is 0.418 e. The molecule has 0 bridgehead atoms. The Morgan fingerprint density at radius 3 is 2.13 bits per heavy atom. The molecule has 14 nitrogen and oxygen atoms in total. The summed E-state index contributed by atoms with van der Waals surface area (Å²) in [5.74, 6) is -2.63. The molecular formula is C55H54ClF6N9O5. The van der Waals surface area contributed by atoms with Crippen molar-refractivity contribution in [1.29, 1.82) is 0 Å². The Morgan fingerprint density at radius 1 is 0.895 bits per heavy atom. The van der Waals surface area contributed by atoms with E-state index in [0.717, 1.165) is 16.7 Å². The van der Waals surface area contributed by atoms with E-state index >= 15 is 26.3 Å². The maximum atomic E-state index is 18.3. The third kappa shape index (κ3) is 10.3. The van der Waals surface area contributed by atoms with E-state index in [-0.39, 0.29) is 60.1 Å². The van der Waals surface area contributed by atoms with Crippen molar-refractivity contribution >= 4 is 29.1 Å². The number of ether oxygens (including phenoxy) is 5. The molecule has 0 spiro atoms. The number of aromatic nitrogens is 3. The molecule has 4 aliphatic rings. The van der Waals surface area contributed by atoms with Gasteiger partial charge in [-0.2, -0.15) is 13.2 Å². The van der Waals surface area contributed by atoms with Crippen molar-refractivity contribution in [2.45, 2.75) is 76.4 Å². The molecule has 21 heteroatoms. The number of hydrogen-bond donors (Lipinski definition) is 2. The highest BCUT2D eigenvalue weighted by Gasteiger charge is 2.57. The molecule has 2 atom stereocenters. The molecule has 2 saturated heterocycles. The van der Waals surface area contributed by atoms with E-state index < -0.39 is 70.1 Å². The van der Waals surface area contributed by atoms with Crippen LogP contribution < -0.4 is 45.1 Å². The predicted octanol–water partition coefficient (Wildman–Crippen LogP) is 9.89. The second kappa shape index (κ2) is 20.9. The Morgan fingerprint density at radius 2 is 1.51 bits per heavy atom. The molecule has 4 aliphatic heterocycles. The highest BCUT2D eigenvalue weighted by molar-refractivity contribution is 6.33. The molecule has 398 valence electrons. The van der Waals surface area contributed by atoms with Gasteiger partial charge in [0.25, 0.3) is 5.92 Å². The van der Waals surface area contributed by atoms with Crippen LogP contribution in [0.15, 0.2) is 108 Å². The van der Waals surface area contributed by atoms with E-state index in [1.807, 2.05) is 48.5 Å². The van der Waals surface area contributed by atoms with Crippen LogP contribution in [0.3, 0.4) is 0 Å². The first-order chi connectivity index (χ1) is 36.5. The van der Waals surface area contributed by atoms with Gasteiger partial charge in [-0.3, -0.25) is 14.9 Å². The van der Waals surface area contributed by atoms with Crippen LogP contribution in [0.25, 0.3) is 17.1 Å². The number of rotatable bonds is 17. The standard InChI is InChI=1S/C55H54ClF6N9O5/c1-32-23-40(69(25-35-9-15-38(73-4)16-10-35)26-36-11-17-39(74-5)18-12-36)68-48(44(32)55(60,61)62)42-45(56)49-43-50(46(42)57)76-41(75-30-53-19-6-22-70(53)29-54(58,59)28-53)27-71(52(43)67-31-66-49)33(2)47-51(64-21-20-63-47)65-24-34-7-13-37(72-3)14-8-34/h7-18,20-21,23,27,33,67H,6,19,22,24-26,28-31H2,1-5H3,(H,64,65)/t33?,53-/m0/s1. The number of benzene rings is 4. The fourth-order valence-corrected chi connectivity index (χ4v) is 10.8. The lowest BCUT2D eigenvalue weighted by Gasteiger charge is -2.32. The maximum Gasteiger partial charge on any atom is 0.418 e. The van der Waals surface area contributed by atoms with Gasteiger partial charge < -0.3 is 44.1 Å². The van der Waals surface area contributed by atoms with Crippen LogP contribution in [0, 0.1) is 12.7 Å². The van der Waals surface area contributed by atoms with E-state index in [1.54, 1.807) is 67.2 Å². The maximum absolute atomic E-state index is 18.3. The lowest BCUT2D eigenvalue weighted by atomic mass is 9.94. The number of hydrogen-bond acceptors (Lipinski definition) is 14. The molecule has 4 aromatic carbocycles. The van der Waals surface area contributed by atoms with Gasteiger partial charge in [-0.25, -0.2) is 23.1 Å². The third-order valence-electron chi connectivity index (χ3n) is 14.2. The minimum absolute atomic E-state index is 0.0361. The summed E-state index contributed by atoms with van der Waals surface area (Å²) in [6, 6.07) is 22.4. The number of aryl methyl sites for hydroxylation is 1. The van der Waals surface area contributed by atoms with Crippen molar-refractivity contribution in [3.63, 3.8) is 0 Å². The minimum Gasteiger partial charge on any atom is -0.497 e. The lowest BCUT2D eigenvalue weighted by Crippen LogP contribution is -2.45. The summed E-state index contributed by atoms with van der Waals surface area (Å²) in [4.78, 5) is 23.8. The molecule has 6 aromatic rings. The Bertz CT molecular complexity index is 3250. The predicted molar refractivity (Wildman–Crippen MR) is 273 cm³/mol. The molecule has 0 aliphatic carbocycles. The molecule has 1 unspecified atom stereocenters. The first-order valence-electron chi connectivity index (χ1n) is 24.5. The summed E-state index contributed by atoms with van der Waals surface area (Å²) in [7, 11) is 4.66. The molecular weight excluding hydrogens is 1020 g/mol. The van der Waals surface area contributed by atoms with Crippen LogP contribution in [0.1, 0.15) is 65.7 Å². The monoisotopic (exact) mass is 1070 g/mol. The Hall–Kier alpha value is -7.45. The SMILES string of the molecule is COc1ccc(CNc2nccnc2C(C)N2C=C(OC[C@@]34CCCN3CC(F)(F)C4)Oc3c(F)c(-c4nc(N(Cc5ccc(OC)cc5)Cc5ccc(OC)cc5)cc(C)c4C(F)(F)F)c(Cl)c4c3=C2NCN=4)cc1. The van der Waals surface area contributed by atoms with Gasteiger partial charge in [-0.05, 0) is 98.0 Å². The topological polar surface area (TPSA) is 131 Å². The summed E-state index contributed by atoms with van der Waals surface area (Å²) in [6.07, 6.45) is 0.00219. The van der Waals surface area contributed by atoms with Gasteiger partial charge in [0.15, 0.2) is 11.6 Å². The molecule has 0 saturated carbocycles. The van der Waals surface area contributed by atoms with Gasteiger partial charge in [-0.1, -0.05) is 48.0 Å². The fraction of sp³-hybridized carbons (Fsp3) is 0.345. The van der Waals surface area contributed by atoms with Gasteiger partial charge in [0.1, 0.15) is 53.7 Å². The van der Waals surface area contributed by atoms with E-state index in [4.69, 9.17) is 40.3 Å². The zero-order valence-electron chi connectivity index (χ0n) is 42.2. The van der Waals surface area contributed by atoms with Gasteiger partial charge in [0, 0.05) is 38.4 Å². The van der Waals surface area contributed by atoms with Crippen LogP contribution in [0.2, 0.25) is 5.02 Å². The van der Waals surface area contributed by atoms with Crippen LogP contribution in [0.4, 0.5) is 38.0 Å². The van der Waals surface area contributed by atoms with E-state index in [1.165, 1.54) is 31.6 Å². The average molecular weight is 1070 g/mol. The second-order valence-corrected chi connectivity index (χ2v) is 19.5. The zero-order valence-corrected chi connectivity index (χ0v) is 43.0. The second-order valence-electron chi connectivity index (χ2n) is 19.2. The highest BCUT2D eigenvalue weighted by Crippen LogP contribution is 2.48. The Labute approximate surface area is 439 Å². The summed E-state index contributed by atoms with van der Waals surface area (Å²) in [5.41, 5.74) is -1.20. The number of nitrogens with zero attached hydrogens (tertiary/aromatic N) is 7. The highest BCUT2D eigenvalue weighted by atomic mass is 35.5. The third-order valence-corrected chi connectivity index (χ3v) is 14.6. The Kier molecular flexibility index (Phi) is 14.3. The Balaban J connectivity index is 1.12. The quantitative estimate of drug-likeness (QED) is 0.0842. The van der Waals surface area contributed by atoms with E-state index in [9.17, 15) is 0 Å². The first kappa shape index (κ1) is 52.0. The lowest BCUT2D eigenvalue weighted by molar-refractivity contribution is -0.137. The number of anilines is 2. The summed E-state index contributed by atoms with van der Waals surface area (Å²) < 4.78 is 124. The van der Waals surface area contributed by atoms with Crippen molar-refractivity contribution in [2.75, 3.05) is 57.9 Å². The number of alkyl halides is 5. The van der Waals surface area contributed by atoms with Crippen molar-refractivity contribution in [3.05, 3.63) is 158 Å². The minimum atomic E-state index is -5.07. The van der Waals surface area contributed by atoms with E-state index in [2.05, 4.69) is 25.6 Å². The van der Waals surface area contributed by atoms with Crippen LogP contribution >= 0.6 is 11.6 Å². The molecule has 2 aromatic heterocycles. The molecule has 10 rings (SSSR count). The first-order valence-corrected chi connectivity index (χ1v) is 24.9. The van der Waals surface area contributed by atoms with Gasteiger partial charge in [0.05, 0.1) is 78.1 Å². The summed E-state index contributed by atoms with van der Waals surface area (Å²) >= 11 is 7.26. The van der Waals surface area contributed by atoms with Crippen molar-refractivity contribution in [1.82, 2.24) is 30.1 Å². The average Bonchev–Trinajstić information content (AvgIpc) is 3.93. The fourth-order valence-electron chi connectivity index (χ4n) is 10.5. The molecule has 0 radical (unpaired) electrons. The molecule has 76 heavy (non-hydrogen) atoms. The number of nitrogens with one attached hydrogen (secondary N) is 2. The summed E-state index contributed by atoms with van der Waals surface area (Å²) in [6.45, 7) is 3.31. The normalized spacial score (nSPS) is 18.0. The number of fused-ring (bicyclic) bond motifs is 1. The van der Waals surface area contributed by atoms with Gasteiger partial charge in [0.2, 0.25) is 0 Å². The molecule has 2 fully saturated rings.